The van der Waals surface area contributed by atoms with Crippen molar-refractivity contribution in [3.05, 3.63) is 12.2 Å². The molecule has 0 aromatic heterocycles. The number of hydrogen-bond acceptors (Lipinski definition) is 1. The highest BCUT2D eigenvalue weighted by atomic mass is 127. The minimum absolute atomic E-state index is 0.813. The van der Waals surface area contributed by atoms with Gasteiger partial charge < -0.3 is 0 Å². The lowest BCUT2D eigenvalue weighted by molar-refractivity contribution is 0.118. The molecule has 0 aromatic rings. The van der Waals surface area contributed by atoms with Crippen molar-refractivity contribution in [3.63, 3.8) is 0 Å². The number of thioether (sulfide) groups is 1. The smallest absolute Gasteiger partial charge is 0.0262 e. The molecule has 0 radical (unpaired) electrons. The molecule has 1 saturated carbocycles. The molecule has 2 aliphatic heterocycles. The first-order valence-corrected chi connectivity index (χ1v) is 13.6. The molecule has 5 aliphatic rings. The highest BCUT2D eigenvalue weighted by Crippen LogP contribution is 2.47. The molecule has 5 atom stereocenters. The first-order chi connectivity index (χ1) is 11.6. The van der Waals surface area contributed by atoms with Crippen LogP contribution in [0.4, 0.5) is 0 Å². The second kappa shape index (κ2) is 10.2. The van der Waals surface area contributed by atoms with Gasteiger partial charge in [-0.25, -0.2) is 0 Å². The second-order valence-electron chi connectivity index (χ2n) is 8.52. The first-order valence-electron chi connectivity index (χ1n) is 10.2. The molecule has 2 fully saturated rings. The van der Waals surface area contributed by atoms with Crippen LogP contribution >= 0.6 is 56.9 Å². The predicted octanol–water partition coefficient (Wildman–Crippen LogP) is 7.82. The van der Waals surface area contributed by atoms with Gasteiger partial charge in [0.1, 0.15) is 0 Å². The minimum Gasteiger partial charge on any atom is -0.155 e. The van der Waals surface area contributed by atoms with Gasteiger partial charge in [-0.2, -0.15) is 11.8 Å². The summed E-state index contributed by atoms with van der Waals surface area (Å²) < 4.78 is 1.66. The van der Waals surface area contributed by atoms with Gasteiger partial charge in [0.2, 0.25) is 0 Å². The van der Waals surface area contributed by atoms with Crippen LogP contribution in [0.25, 0.3) is 0 Å². The van der Waals surface area contributed by atoms with Crippen molar-refractivity contribution in [1.29, 1.82) is 0 Å². The average molecular weight is 572 g/mol. The van der Waals surface area contributed by atoms with Gasteiger partial charge >= 0.3 is 0 Å². The molecule has 2 heterocycles. The molecule has 5 rings (SSSR count). The van der Waals surface area contributed by atoms with Crippen molar-refractivity contribution in [3.8, 4) is 0 Å². The average Bonchev–Trinajstić information content (AvgIpc) is 2.48. The minimum atomic E-state index is 0.813. The fourth-order valence-corrected chi connectivity index (χ4v) is 7.48. The molecule has 0 amide bonds. The van der Waals surface area contributed by atoms with E-state index in [1.54, 1.807) is 0 Å². The van der Waals surface area contributed by atoms with Gasteiger partial charge in [0.25, 0.3) is 0 Å². The summed E-state index contributed by atoms with van der Waals surface area (Å²) in [7, 11) is 0. The zero-order valence-electron chi connectivity index (χ0n) is 15.1. The number of halogens is 2. The Kier molecular flexibility index (Phi) is 8.62. The highest BCUT2D eigenvalue weighted by Gasteiger charge is 2.35. The van der Waals surface area contributed by atoms with Crippen LogP contribution in [0, 0.1) is 17.8 Å². The SMILES string of the molecule is C[C@H]1CCC=CC[C@@H](I)[C@@H](I)CCC[C@H]2C[C@@H](CCC3CC1C3)S2. The van der Waals surface area contributed by atoms with Crippen LogP contribution in [0.15, 0.2) is 12.2 Å². The molecule has 0 unspecified atom stereocenters. The Balaban J connectivity index is 1.47. The summed E-state index contributed by atoms with van der Waals surface area (Å²) in [6, 6.07) is 0. The predicted molar refractivity (Wildman–Crippen MR) is 127 cm³/mol. The van der Waals surface area contributed by atoms with Crippen molar-refractivity contribution in [2.75, 3.05) is 0 Å². The van der Waals surface area contributed by atoms with E-state index in [-0.39, 0.29) is 0 Å². The summed E-state index contributed by atoms with van der Waals surface area (Å²) in [6.07, 6.45) is 20.9. The third kappa shape index (κ3) is 6.03. The maximum Gasteiger partial charge on any atom is 0.0262 e. The van der Waals surface area contributed by atoms with Crippen molar-refractivity contribution in [1.82, 2.24) is 0 Å². The van der Waals surface area contributed by atoms with Gasteiger partial charge in [-0.15, -0.1) is 0 Å². The van der Waals surface area contributed by atoms with Crippen LogP contribution in [0.2, 0.25) is 0 Å². The normalized spacial score (nSPS) is 45.2. The summed E-state index contributed by atoms with van der Waals surface area (Å²) in [5, 5.41) is 2.02. The molecule has 0 spiro atoms. The Bertz CT molecular complexity index is 399. The van der Waals surface area contributed by atoms with Gasteiger partial charge in [0, 0.05) is 18.3 Å². The van der Waals surface area contributed by atoms with Crippen LogP contribution < -0.4 is 0 Å². The third-order valence-corrected chi connectivity index (χ3v) is 12.5. The topological polar surface area (TPSA) is 0 Å². The van der Waals surface area contributed by atoms with Gasteiger partial charge in [0.15, 0.2) is 0 Å². The molecule has 4 bridgehead atoms. The number of hydrogen-bond donors (Lipinski definition) is 0. The zero-order chi connectivity index (χ0) is 16.9. The van der Waals surface area contributed by atoms with Crippen LogP contribution in [-0.2, 0) is 0 Å². The molecule has 0 N–H and O–H groups in total. The number of allylic oxidation sites excluding steroid dienone is 2. The quantitative estimate of drug-likeness (QED) is 0.162. The van der Waals surface area contributed by atoms with Crippen LogP contribution in [0.1, 0.15) is 77.6 Å². The largest absolute Gasteiger partial charge is 0.155 e. The van der Waals surface area contributed by atoms with E-state index >= 15 is 0 Å². The van der Waals surface area contributed by atoms with E-state index in [4.69, 9.17) is 0 Å². The Morgan fingerprint density at radius 3 is 2.38 bits per heavy atom. The van der Waals surface area contributed by atoms with Crippen molar-refractivity contribution >= 4 is 56.9 Å². The molecule has 3 aliphatic carbocycles. The van der Waals surface area contributed by atoms with Crippen molar-refractivity contribution < 1.29 is 0 Å². The lowest BCUT2D eigenvalue weighted by atomic mass is 9.66. The Hall–Kier alpha value is 1.55. The fraction of sp³-hybridized carbons (Fsp3) is 0.905. The lowest BCUT2D eigenvalue weighted by Gasteiger charge is -2.41. The van der Waals surface area contributed by atoms with E-state index in [9.17, 15) is 0 Å². The molecule has 1 saturated heterocycles. The molecule has 0 nitrogen and oxygen atoms in total. The van der Waals surface area contributed by atoms with E-state index < -0.39 is 0 Å². The van der Waals surface area contributed by atoms with E-state index in [1.165, 1.54) is 70.6 Å². The molecular weight excluding hydrogens is 538 g/mol. The maximum absolute atomic E-state index is 2.71. The molecule has 24 heavy (non-hydrogen) atoms. The van der Waals surface area contributed by atoms with Crippen molar-refractivity contribution in [2.45, 2.75) is 95.9 Å². The summed E-state index contributed by atoms with van der Waals surface area (Å²) in [5.74, 6) is 3.07. The summed E-state index contributed by atoms with van der Waals surface area (Å²) >= 11 is 7.72. The second-order valence-corrected chi connectivity index (χ2v) is 13.3. The molecule has 3 heteroatoms. The van der Waals surface area contributed by atoms with E-state index in [2.05, 4.69) is 76.0 Å². The van der Waals surface area contributed by atoms with Gasteiger partial charge in [-0.3, -0.25) is 0 Å². The van der Waals surface area contributed by atoms with E-state index in [1.807, 2.05) is 0 Å². The van der Waals surface area contributed by atoms with Gasteiger partial charge in [-0.05, 0) is 82.0 Å². The Morgan fingerprint density at radius 1 is 0.833 bits per heavy atom. The first kappa shape index (κ1) is 20.3. The standard InChI is InChI=1S/C21H34I2S/c1-15-6-3-2-4-8-20(22)21(23)9-5-7-18-14-19(24-18)11-10-16-12-17(15)13-16/h2,4,15-21H,3,5-14H2,1H3/t15-,16?,17?,18-,19+,20+,21-/m0/s1. The van der Waals surface area contributed by atoms with Crippen LogP contribution in [0.3, 0.4) is 0 Å². The fourth-order valence-electron chi connectivity index (χ4n) is 4.64. The summed E-state index contributed by atoms with van der Waals surface area (Å²) in [6.45, 7) is 2.51. The summed E-state index contributed by atoms with van der Waals surface area (Å²) in [4.78, 5) is 0. The van der Waals surface area contributed by atoms with Crippen molar-refractivity contribution in [2.24, 2.45) is 17.8 Å². The van der Waals surface area contributed by atoms with E-state index in [0.717, 1.165) is 36.1 Å². The number of rotatable bonds is 0. The van der Waals surface area contributed by atoms with Gasteiger partial charge in [0.05, 0.1) is 0 Å². The Labute approximate surface area is 181 Å². The lowest BCUT2D eigenvalue weighted by Crippen LogP contribution is -2.31. The monoisotopic (exact) mass is 572 g/mol. The van der Waals surface area contributed by atoms with Crippen LogP contribution in [0.5, 0.6) is 0 Å². The van der Waals surface area contributed by atoms with E-state index in [0.29, 0.717) is 0 Å². The third-order valence-electron chi connectivity index (χ3n) is 6.60. The Morgan fingerprint density at radius 2 is 1.58 bits per heavy atom. The maximum atomic E-state index is 2.71. The zero-order valence-corrected chi connectivity index (χ0v) is 20.3. The molecule has 138 valence electrons. The highest BCUT2D eigenvalue weighted by molar-refractivity contribution is 14.1. The van der Waals surface area contributed by atoms with Crippen LogP contribution in [-0.4, -0.2) is 18.3 Å². The number of alkyl halides is 2. The molecular formula is C21H34I2S. The van der Waals surface area contributed by atoms with Gasteiger partial charge in [-0.1, -0.05) is 70.7 Å². The molecule has 0 aromatic carbocycles. The summed E-state index contributed by atoms with van der Waals surface area (Å²) in [5.41, 5.74) is 0.